The van der Waals surface area contributed by atoms with Crippen LogP contribution in [0.4, 0.5) is 0 Å². The average molecular weight is 161 g/mol. The maximum atomic E-state index is 4.00. The summed E-state index contributed by atoms with van der Waals surface area (Å²) in [6.07, 6.45) is 2.57. The van der Waals surface area contributed by atoms with Gasteiger partial charge in [-0.2, -0.15) is 0 Å². The molecule has 0 rings (SSSR count). The van der Waals surface area contributed by atoms with Crippen molar-refractivity contribution in [3.05, 3.63) is 0 Å². The van der Waals surface area contributed by atoms with E-state index in [0.29, 0.717) is 0 Å². The van der Waals surface area contributed by atoms with Gasteiger partial charge in [-0.3, -0.25) is 11.7 Å². The molecule has 0 aliphatic rings. The Morgan fingerprint density at radius 2 is 1.27 bits per heavy atom. The van der Waals surface area contributed by atoms with Crippen molar-refractivity contribution < 1.29 is 0 Å². The summed E-state index contributed by atoms with van der Waals surface area (Å²) in [4.78, 5) is 2.49. The molecule has 0 aromatic carbocycles. The first-order valence-electron chi connectivity index (χ1n) is 4.40. The standard InChI is InChI=1S/C8H19N.H4N2/c1-4-7-9(6-3)8-5-2;1-2/h4-8H2,1-3H3;1-2H2. The van der Waals surface area contributed by atoms with Crippen molar-refractivity contribution >= 4 is 0 Å². The molecule has 0 heterocycles. The summed E-state index contributed by atoms with van der Waals surface area (Å²) in [5.74, 6) is 8.00. The Morgan fingerprint density at radius 1 is 0.909 bits per heavy atom. The Labute approximate surface area is 70.7 Å². The van der Waals surface area contributed by atoms with Gasteiger partial charge in [-0.15, -0.1) is 0 Å². The molecule has 0 fully saturated rings. The molecule has 0 aromatic heterocycles. The van der Waals surface area contributed by atoms with Crippen molar-refractivity contribution in [1.29, 1.82) is 0 Å². The highest BCUT2D eigenvalue weighted by molar-refractivity contribution is 4.50. The summed E-state index contributed by atoms with van der Waals surface area (Å²) in [6.45, 7) is 10.4. The maximum Gasteiger partial charge on any atom is -0.00215 e. The monoisotopic (exact) mass is 161 g/mol. The third-order valence-corrected chi connectivity index (χ3v) is 1.53. The second kappa shape index (κ2) is 12.5. The van der Waals surface area contributed by atoms with Gasteiger partial charge >= 0.3 is 0 Å². The minimum Gasteiger partial charge on any atom is -0.304 e. The van der Waals surface area contributed by atoms with Gasteiger partial charge < -0.3 is 4.90 Å². The summed E-state index contributed by atoms with van der Waals surface area (Å²) in [7, 11) is 0. The van der Waals surface area contributed by atoms with Crippen molar-refractivity contribution in [1.82, 2.24) is 4.90 Å². The lowest BCUT2D eigenvalue weighted by Crippen LogP contribution is -2.24. The number of rotatable bonds is 5. The topological polar surface area (TPSA) is 55.3 Å². The first-order valence-corrected chi connectivity index (χ1v) is 4.40. The molecule has 0 aliphatic carbocycles. The van der Waals surface area contributed by atoms with Gasteiger partial charge in [0.25, 0.3) is 0 Å². The SMILES string of the molecule is CCCN(CC)CCC.NN. The van der Waals surface area contributed by atoms with Crippen molar-refractivity contribution in [2.45, 2.75) is 33.6 Å². The third-order valence-electron chi connectivity index (χ3n) is 1.53. The summed E-state index contributed by atoms with van der Waals surface area (Å²) >= 11 is 0. The average Bonchev–Trinajstić information content (AvgIpc) is 2.08. The molecular weight excluding hydrogens is 138 g/mol. The zero-order chi connectivity index (χ0) is 9.11. The highest BCUT2D eigenvalue weighted by Crippen LogP contribution is 1.91. The number of nitrogens with two attached hydrogens (primary N) is 2. The lowest BCUT2D eigenvalue weighted by Gasteiger charge is -2.17. The van der Waals surface area contributed by atoms with Crippen LogP contribution in [0.25, 0.3) is 0 Å². The molecule has 0 unspecified atom stereocenters. The quantitative estimate of drug-likeness (QED) is 0.466. The van der Waals surface area contributed by atoms with Crippen molar-refractivity contribution in [2.24, 2.45) is 11.7 Å². The van der Waals surface area contributed by atoms with Crippen LogP contribution in [0.5, 0.6) is 0 Å². The van der Waals surface area contributed by atoms with Crippen LogP contribution < -0.4 is 11.7 Å². The van der Waals surface area contributed by atoms with Crippen LogP contribution in [0.3, 0.4) is 0 Å². The Kier molecular flexibility index (Phi) is 15.4. The summed E-state index contributed by atoms with van der Waals surface area (Å²) in [6, 6.07) is 0. The Morgan fingerprint density at radius 3 is 1.45 bits per heavy atom. The molecule has 11 heavy (non-hydrogen) atoms. The summed E-state index contributed by atoms with van der Waals surface area (Å²) in [5.41, 5.74) is 0. The molecule has 0 bridgehead atoms. The van der Waals surface area contributed by atoms with E-state index in [4.69, 9.17) is 0 Å². The second-order valence-electron chi connectivity index (χ2n) is 2.43. The molecular formula is C8H23N3. The highest BCUT2D eigenvalue weighted by Gasteiger charge is 1.95. The van der Waals surface area contributed by atoms with Crippen LogP contribution in [0, 0.1) is 0 Å². The Bertz CT molecular complexity index is 51.3. The number of nitrogens with zero attached hydrogens (tertiary/aromatic N) is 1. The lowest BCUT2D eigenvalue weighted by atomic mass is 10.3. The molecule has 0 aliphatic heterocycles. The fraction of sp³-hybridized carbons (Fsp3) is 1.00. The van der Waals surface area contributed by atoms with E-state index in [2.05, 4.69) is 37.4 Å². The molecule has 3 heteroatoms. The molecule has 0 amide bonds. The first-order chi connectivity index (χ1) is 5.35. The number of hydrazine groups is 1. The first kappa shape index (κ1) is 13.5. The smallest absolute Gasteiger partial charge is 0.00215 e. The van der Waals surface area contributed by atoms with Gasteiger partial charge in [0.1, 0.15) is 0 Å². The van der Waals surface area contributed by atoms with Gasteiger partial charge in [-0.25, -0.2) is 0 Å². The summed E-state index contributed by atoms with van der Waals surface area (Å²) in [5, 5.41) is 0. The van der Waals surface area contributed by atoms with Crippen molar-refractivity contribution in [3.8, 4) is 0 Å². The van der Waals surface area contributed by atoms with Crippen molar-refractivity contribution in [2.75, 3.05) is 19.6 Å². The molecule has 70 valence electrons. The van der Waals surface area contributed by atoms with Gasteiger partial charge in [0, 0.05) is 0 Å². The van der Waals surface area contributed by atoms with Crippen LogP contribution in [-0.2, 0) is 0 Å². The van der Waals surface area contributed by atoms with E-state index in [1.807, 2.05) is 0 Å². The highest BCUT2D eigenvalue weighted by atomic mass is 15.1. The predicted octanol–water partition coefficient (Wildman–Crippen LogP) is 0.947. The van der Waals surface area contributed by atoms with Gasteiger partial charge in [0.05, 0.1) is 0 Å². The second-order valence-corrected chi connectivity index (χ2v) is 2.43. The number of hydrogen-bond acceptors (Lipinski definition) is 3. The number of hydrogen-bond donors (Lipinski definition) is 2. The van der Waals surface area contributed by atoms with Crippen molar-refractivity contribution in [3.63, 3.8) is 0 Å². The van der Waals surface area contributed by atoms with Crippen LogP contribution in [0.15, 0.2) is 0 Å². The van der Waals surface area contributed by atoms with E-state index < -0.39 is 0 Å². The molecule has 0 radical (unpaired) electrons. The molecule has 0 saturated heterocycles. The fourth-order valence-electron chi connectivity index (χ4n) is 1.06. The molecule has 0 aromatic rings. The van der Waals surface area contributed by atoms with Crippen LogP contribution in [0.1, 0.15) is 33.6 Å². The zero-order valence-corrected chi connectivity index (χ0v) is 8.14. The fourth-order valence-corrected chi connectivity index (χ4v) is 1.06. The normalized spacial score (nSPS) is 9.27. The van der Waals surface area contributed by atoms with E-state index in [-0.39, 0.29) is 0 Å². The zero-order valence-electron chi connectivity index (χ0n) is 8.14. The van der Waals surface area contributed by atoms with Crippen LogP contribution in [0.2, 0.25) is 0 Å². The lowest BCUT2D eigenvalue weighted by molar-refractivity contribution is 0.289. The Hall–Kier alpha value is -0.120. The summed E-state index contributed by atoms with van der Waals surface area (Å²) < 4.78 is 0. The minimum absolute atomic E-state index is 1.21. The van der Waals surface area contributed by atoms with E-state index in [0.717, 1.165) is 0 Å². The maximum absolute atomic E-state index is 4.00. The van der Waals surface area contributed by atoms with E-state index in [9.17, 15) is 0 Å². The van der Waals surface area contributed by atoms with Crippen LogP contribution >= 0.6 is 0 Å². The van der Waals surface area contributed by atoms with Crippen LogP contribution in [-0.4, -0.2) is 24.5 Å². The molecule has 0 atom stereocenters. The van der Waals surface area contributed by atoms with Gasteiger partial charge in [-0.1, -0.05) is 20.8 Å². The molecule has 0 spiro atoms. The van der Waals surface area contributed by atoms with E-state index in [1.54, 1.807) is 0 Å². The Balaban J connectivity index is 0. The molecule has 3 nitrogen and oxygen atoms in total. The predicted molar refractivity (Wildman–Crippen MR) is 51.1 cm³/mol. The minimum atomic E-state index is 1.21. The van der Waals surface area contributed by atoms with E-state index in [1.165, 1.54) is 32.5 Å². The third kappa shape index (κ3) is 9.88. The van der Waals surface area contributed by atoms with Gasteiger partial charge in [-0.05, 0) is 32.5 Å². The van der Waals surface area contributed by atoms with E-state index >= 15 is 0 Å². The molecule has 0 saturated carbocycles. The van der Waals surface area contributed by atoms with Gasteiger partial charge in [0.15, 0.2) is 0 Å². The van der Waals surface area contributed by atoms with Gasteiger partial charge in [0.2, 0.25) is 0 Å². The molecule has 4 N–H and O–H groups in total. The largest absolute Gasteiger partial charge is 0.304 e.